The van der Waals surface area contributed by atoms with Crippen LogP contribution in [0, 0.1) is 5.92 Å². The first-order valence-corrected chi connectivity index (χ1v) is 6.79. The summed E-state index contributed by atoms with van der Waals surface area (Å²) >= 11 is 5.87. The molecule has 1 heterocycles. The molecule has 6 heteroatoms. The average molecular weight is 298 g/mol. The van der Waals surface area contributed by atoms with Gasteiger partial charge in [0.25, 0.3) is 0 Å². The van der Waals surface area contributed by atoms with Crippen LogP contribution in [0.2, 0.25) is 5.02 Å². The van der Waals surface area contributed by atoms with Gasteiger partial charge in [-0.3, -0.25) is 4.79 Å². The molecule has 1 aliphatic rings. The number of carbonyl (C=O) groups excluding carboxylic acids is 1. The van der Waals surface area contributed by atoms with Gasteiger partial charge in [0.15, 0.2) is 0 Å². The summed E-state index contributed by atoms with van der Waals surface area (Å²) in [4.78, 5) is 23.2. The molecule has 0 radical (unpaired) electrons. The lowest BCUT2D eigenvalue weighted by atomic mass is 10.0. The second-order valence-electron chi connectivity index (χ2n) is 4.79. The first kappa shape index (κ1) is 14.8. The Morgan fingerprint density at radius 1 is 1.50 bits per heavy atom. The van der Waals surface area contributed by atoms with E-state index in [-0.39, 0.29) is 18.2 Å². The molecule has 0 aromatic heterocycles. The molecule has 5 nitrogen and oxygen atoms in total. The molecule has 0 aliphatic carbocycles. The van der Waals surface area contributed by atoms with Gasteiger partial charge in [0.05, 0.1) is 12.5 Å². The largest absolute Gasteiger partial charge is 0.480 e. The number of halogens is 1. The maximum absolute atomic E-state index is 11.9. The fourth-order valence-corrected chi connectivity index (χ4v) is 2.34. The Hall–Kier alpha value is -1.59. The van der Waals surface area contributed by atoms with E-state index < -0.39 is 12.0 Å². The van der Waals surface area contributed by atoms with Crippen molar-refractivity contribution in [2.24, 2.45) is 5.92 Å². The number of benzene rings is 1. The van der Waals surface area contributed by atoms with Crippen LogP contribution in [-0.2, 0) is 20.7 Å². The monoisotopic (exact) mass is 297 g/mol. The molecule has 2 atom stereocenters. The Balaban J connectivity index is 2.00. The Kier molecular flexibility index (Phi) is 4.98. The first-order chi connectivity index (χ1) is 9.56. The summed E-state index contributed by atoms with van der Waals surface area (Å²) in [7, 11) is 0. The second kappa shape index (κ2) is 6.72. The summed E-state index contributed by atoms with van der Waals surface area (Å²) < 4.78 is 5.13. The molecule has 20 heavy (non-hydrogen) atoms. The average Bonchev–Trinajstić information content (AvgIpc) is 2.91. The highest BCUT2D eigenvalue weighted by Crippen LogP contribution is 2.15. The quantitative estimate of drug-likeness (QED) is 0.863. The third kappa shape index (κ3) is 3.95. The van der Waals surface area contributed by atoms with E-state index in [1.807, 2.05) is 0 Å². The zero-order valence-electron chi connectivity index (χ0n) is 10.8. The van der Waals surface area contributed by atoms with E-state index in [0.717, 1.165) is 5.56 Å². The summed E-state index contributed by atoms with van der Waals surface area (Å²) in [6.45, 7) is 0.902. The summed E-state index contributed by atoms with van der Waals surface area (Å²) in [6.07, 6.45) is 0.838. The van der Waals surface area contributed by atoms with E-state index in [0.29, 0.717) is 24.7 Å². The summed E-state index contributed by atoms with van der Waals surface area (Å²) in [5.41, 5.74) is 0.771. The van der Waals surface area contributed by atoms with E-state index in [9.17, 15) is 14.7 Å². The Labute approximate surface area is 121 Å². The molecule has 1 aromatic rings. The van der Waals surface area contributed by atoms with E-state index >= 15 is 0 Å². The van der Waals surface area contributed by atoms with Crippen LogP contribution in [0.5, 0.6) is 0 Å². The van der Waals surface area contributed by atoms with Gasteiger partial charge in [-0.15, -0.1) is 0 Å². The van der Waals surface area contributed by atoms with Crippen molar-refractivity contribution in [3.63, 3.8) is 0 Å². The van der Waals surface area contributed by atoms with Gasteiger partial charge in [0, 0.05) is 18.1 Å². The normalized spacial score (nSPS) is 19.6. The highest BCUT2D eigenvalue weighted by atomic mass is 35.5. The predicted octanol–water partition coefficient (Wildman–Crippen LogP) is 1.49. The maximum Gasteiger partial charge on any atom is 0.326 e. The summed E-state index contributed by atoms with van der Waals surface area (Å²) in [5, 5.41) is 12.3. The van der Waals surface area contributed by atoms with Crippen LogP contribution in [0.3, 0.4) is 0 Å². The molecular weight excluding hydrogens is 282 g/mol. The topological polar surface area (TPSA) is 75.6 Å². The van der Waals surface area contributed by atoms with Crippen molar-refractivity contribution >= 4 is 23.5 Å². The Morgan fingerprint density at radius 2 is 2.30 bits per heavy atom. The third-order valence-electron chi connectivity index (χ3n) is 3.24. The number of hydrogen-bond donors (Lipinski definition) is 2. The molecule has 1 saturated heterocycles. The molecule has 0 spiro atoms. The zero-order valence-corrected chi connectivity index (χ0v) is 11.6. The number of carboxylic acid groups (broad SMARTS) is 1. The van der Waals surface area contributed by atoms with Crippen molar-refractivity contribution in [2.75, 3.05) is 13.2 Å². The molecule has 0 saturated carbocycles. The number of aliphatic carboxylic acids is 1. The summed E-state index contributed by atoms with van der Waals surface area (Å²) in [5.74, 6) is -1.58. The van der Waals surface area contributed by atoms with Gasteiger partial charge < -0.3 is 15.2 Å². The predicted molar refractivity (Wildman–Crippen MR) is 73.6 cm³/mol. The molecular formula is C14H16ClNO4. The second-order valence-corrected chi connectivity index (χ2v) is 5.23. The first-order valence-electron chi connectivity index (χ1n) is 6.41. The minimum atomic E-state index is -1.06. The van der Waals surface area contributed by atoms with Crippen LogP contribution in [0.4, 0.5) is 0 Å². The smallest absolute Gasteiger partial charge is 0.326 e. The van der Waals surface area contributed by atoms with E-state index in [2.05, 4.69) is 5.32 Å². The van der Waals surface area contributed by atoms with Crippen molar-refractivity contribution in [3.8, 4) is 0 Å². The van der Waals surface area contributed by atoms with Crippen molar-refractivity contribution < 1.29 is 19.4 Å². The molecule has 0 unspecified atom stereocenters. The van der Waals surface area contributed by atoms with Crippen molar-refractivity contribution in [2.45, 2.75) is 18.9 Å². The highest BCUT2D eigenvalue weighted by Gasteiger charge is 2.28. The van der Waals surface area contributed by atoms with Crippen LogP contribution >= 0.6 is 11.6 Å². The van der Waals surface area contributed by atoms with Crippen LogP contribution in [0.15, 0.2) is 24.3 Å². The molecule has 1 fully saturated rings. The van der Waals surface area contributed by atoms with Crippen molar-refractivity contribution in [3.05, 3.63) is 34.9 Å². The Morgan fingerprint density at radius 3 is 2.90 bits per heavy atom. The van der Waals surface area contributed by atoms with Gasteiger partial charge in [-0.1, -0.05) is 23.7 Å². The number of ether oxygens (including phenoxy) is 1. The van der Waals surface area contributed by atoms with Gasteiger partial charge in [-0.2, -0.15) is 0 Å². The number of nitrogens with one attached hydrogen (secondary N) is 1. The van der Waals surface area contributed by atoms with Crippen LogP contribution in [0.1, 0.15) is 12.0 Å². The molecule has 0 bridgehead atoms. The molecule has 108 valence electrons. The lowest BCUT2D eigenvalue weighted by Crippen LogP contribution is -2.45. The van der Waals surface area contributed by atoms with Crippen molar-refractivity contribution in [1.29, 1.82) is 0 Å². The van der Waals surface area contributed by atoms with Gasteiger partial charge >= 0.3 is 5.97 Å². The molecule has 1 aliphatic heterocycles. The van der Waals surface area contributed by atoms with Crippen molar-refractivity contribution in [1.82, 2.24) is 5.32 Å². The number of amides is 1. The number of rotatable bonds is 5. The number of carbonyl (C=O) groups is 2. The van der Waals surface area contributed by atoms with Gasteiger partial charge in [0.2, 0.25) is 5.91 Å². The van der Waals surface area contributed by atoms with Crippen LogP contribution < -0.4 is 5.32 Å². The molecule has 1 aromatic carbocycles. The fraction of sp³-hybridized carbons (Fsp3) is 0.429. The standard InChI is InChI=1S/C14H16ClNO4/c15-11-3-1-2-9(6-11)7-12(14(18)19)16-13(17)10-4-5-20-8-10/h1-3,6,10,12H,4-5,7-8H2,(H,16,17)(H,18,19)/t10-,12-/m0/s1. The zero-order chi connectivity index (χ0) is 14.5. The third-order valence-corrected chi connectivity index (χ3v) is 3.48. The van der Waals surface area contributed by atoms with Crippen LogP contribution in [-0.4, -0.2) is 36.2 Å². The lowest BCUT2D eigenvalue weighted by molar-refractivity contribution is -0.142. The lowest BCUT2D eigenvalue weighted by Gasteiger charge is -2.17. The van der Waals surface area contributed by atoms with E-state index in [4.69, 9.17) is 16.3 Å². The van der Waals surface area contributed by atoms with E-state index in [1.54, 1.807) is 24.3 Å². The Bertz CT molecular complexity index is 500. The number of hydrogen-bond acceptors (Lipinski definition) is 3. The van der Waals surface area contributed by atoms with Gasteiger partial charge in [-0.25, -0.2) is 4.79 Å². The van der Waals surface area contributed by atoms with Crippen LogP contribution in [0.25, 0.3) is 0 Å². The SMILES string of the molecule is O=C(N[C@@H](Cc1cccc(Cl)c1)C(=O)O)[C@H]1CCOC1. The van der Waals surface area contributed by atoms with Gasteiger partial charge in [-0.05, 0) is 24.1 Å². The maximum atomic E-state index is 11.9. The fourth-order valence-electron chi connectivity index (χ4n) is 2.13. The minimum Gasteiger partial charge on any atom is -0.480 e. The minimum absolute atomic E-state index is 0.204. The number of carboxylic acids is 1. The summed E-state index contributed by atoms with van der Waals surface area (Å²) in [6, 6.07) is 5.99. The molecule has 2 rings (SSSR count). The van der Waals surface area contributed by atoms with Gasteiger partial charge in [0.1, 0.15) is 6.04 Å². The van der Waals surface area contributed by atoms with E-state index in [1.165, 1.54) is 0 Å². The molecule has 2 N–H and O–H groups in total. The molecule has 1 amide bonds. The highest BCUT2D eigenvalue weighted by molar-refractivity contribution is 6.30.